The lowest BCUT2D eigenvalue weighted by Crippen LogP contribution is -2.18. The molecular weight excluding hydrogens is 214 g/mol. The summed E-state index contributed by atoms with van der Waals surface area (Å²) >= 11 is 0. The molecule has 1 fully saturated rings. The van der Waals surface area contributed by atoms with Crippen LogP contribution in [-0.2, 0) is 0 Å². The first-order valence-electron chi connectivity index (χ1n) is 6.34. The molecule has 1 aliphatic carbocycles. The second kappa shape index (κ2) is 5.82. The maximum absolute atomic E-state index is 5.46. The Balaban J connectivity index is 2.02. The summed E-state index contributed by atoms with van der Waals surface area (Å²) in [6, 6.07) is 2.53. The van der Waals surface area contributed by atoms with E-state index in [1.807, 2.05) is 13.0 Å². The van der Waals surface area contributed by atoms with E-state index in [0.29, 0.717) is 12.6 Å². The molecule has 0 radical (unpaired) electrons. The lowest BCUT2D eigenvalue weighted by molar-refractivity contribution is 0.748. The van der Waals surface area contributed by atoms with Crippen molar-refractivity contribution in [2.24, 2.45) is 5.73 Å². The molecule has 2 rings (SSSR count). The van der Waals surface area contributed by atoms with E-state index in [2.05, 4.69) is 20.6 Å². The minimum Gasteiger partial charge on any atom is -0.369 e. The van der Waals surface area contributed by atoms with Gasteiger partial charge in [-0.1, -0.05) is 12.8 Å². The van der Waals surface area contributed by atoms with Gasteiger partial charge in [0.05, 0.1) is 0 Å². The summed E-state index contributed by atoms with van der Waals surface area (Å²) in [5.41, 5.74) is 5.46. The molecule has 0 aromatic carbocycles. The number of rotatable bonds is 5. The summed E-state index contributed by atoms with van der Waals surface area (Å²) in [7, 11) is 0. The van der Waals surface area contributed by atoms with Gasteiger partial charge in [-0.2, -0.15) is 0 Å². The SMILES string of the molecule is Cc1nc(NCCN)cc(NC2CCCC2)n1. The molecule has 94 valence electrons. The molecule has 4 N–H and O–H groups in total. The van der Waals surface area contributed by atoms with Crippen LogP contribution in [0.1, 0.15) is 31.5 Å². The fourth-order valence-corrected chi connectivity index (χ4v) is 2.21. The summed E-state index contributed by atoms with van der Waals surface area (Å²) in [5, 5.41) is 6.66. The fraction of sp³-hybridized carbons (Fsp3) is 0.667. The van der Waals surface area contributed by atoms with Crippen LogP contribution in [0.2, 0.25) is 0 Å². The van der Waals surface area contributed by atoms with Crippen LogP contribution in [0.3, 0.4) is 0 Å². The number of hydrogen-bond donors (Lipinski definition) is 3. The maximum atomic E-state index is 5.46. The van der Waals surface area contributed by atoms with E-state index in [1.54, 1.807) is 0 Å². The highest BCUT2D eigenvalue weighted by Gasteiger charge is 2.15. The van der Waals surface area contributed by atoms with E-state index in [9.17, 15) is 0 Å². The molecule has 1 aliphatic rings. The number of aromatic nitrogens is 2. The van der Waals surface area contributed by atoms with Gasteiger partial charge in [-0.25, -0.2) is 9.97 Å². The van der Waals surface area contributed by atoms with Gasteiger partial charge in [0, 0.05) is 25.2 Å². The van der Waals surface area contributed by atoms with E-state index in [4.69, 9.17) is 5.73 Å². The second-order valence-corrected chi connectivity index (χ2v) is 4.53. The molecule has 1 aromatic rings. The van der Waals surface area contributed by atoms with Gasteiger partial charge in [-0.3, -0.25) is 0 Å². The average molecular weight is 235 g/mol. The van der Waals surface area contributed by atoms with Gasteiger partial charge in [-0.05, 0) is 19.8 Å². The van der Waals surface area contributed by atoms with Crippen molar-refractivity contribution in [2.45, 2.75) is 38.6 Å². The Hall–Kier alpha value is -1.36. The summed E-state index contributed by atoms with van der Waals surface area (Å²) in [6.45, 7) is 3.25. The van der Waals surface area contributed by atoms with Crippen molar-refractivity contribution in [3.8, 4) is 0 Å². The predicted molar refractivity (Wildman–Crippen MR) is 70.2 cm³/mol. The normalized spacial score (nSPS) is 16.1. The maximum Gasteiger partial charge on any atom is 0.132 e. The van der Waals surface area contributed by atoms with Gasteiger partial charge in [-0.15, -0.1) is 0 Å². The van der Waals surface area contributed by atoms with Crippen molar-refractivity contribution in [3.63, 3.8) is 0 Å². The molecule has 0 spiro atoms. The van der Waals surface area contributed by atoms with Gasteiger partial charge in [0.15, 0.2) is 0 Å². The van der Waals surface area contributed by atoms with E-state index in [-0.39, 0.29) is 0 Å². The Labute approximate surface area is 102 Å². The van der Waals surface area contributed by atoms with Crippen LogP contribution in [0.4, 0.5) is 11.6 Å². The summed E-state index contributed by atoms with van der Waals surface area (Å²) in [4.78, 5) is 8.74. The third-order valence-electron chi connectivity index (χ3n) is 3.00. The van der Waals surface area contributed by atoms with Crippen LogP contribution in [-0.4, -0.2) is 29.1 Å². The third-order valence-corrected chi connectivity index (χ3v) is 3.00. The summed E-state index contributed by atoms with van der Waals surface area (Å²) in [5.74, 6) is 2.56. The smallest absolute Gasteiger partial charge is 0.132 e. The molecule has 0 unspecified atom stereocenters. The monoisotopic (exact) mass is 235 g/mol. The lowest BCUT2D eigenvalue weighted by atomic mass is 10.2. The quantitative estimate of drug-likeness (QED) is 0.721. The molecule has 1 aromatic heterocycles. The molecule has 0 saturated heterocycles. The van der Waals surface area contributed by atoms with E-state index in [0.717, 1.165) is 24.0 Å². The van der Waals surface area contributed by atoms with Crippen LogP contribution in [0.25, 0.3) is 0 Å². The number of nitrogens with two attached hydrogens (primary N) is 1. The average Bonchev–Trinajstić information content (AvgIpc) is 2.78. The number of nitrogens with zero attached hydrogens (tertiary/aromatic N) is 2. The zero-order valence-electron chi connectivity index (χ0n) is 10.4. The van der Waals surface area contributed by atoms with Crippen molar-refractivity contribution < 1.29 is 0 Å². The molecule has 17 heavy (non-hydrogen) atoms. The molecule has 0 atom stereocenters. The zero-order chi connectivity index (χ0) is 12.1. The number of nitrogens with one attached hydrogen (secondary N) is 2. The van der Waals surface area contributed by atoms with Gasteiger partial charge >= 0.3 is 0 Å². The van der Waals surface area contributed by atoms with Crippen LogP contribution >= 0.6 is 0 Å². The standard InChI is InChI=1S/C12H21N5/c1-9-15-11(14-7-6-13)8-12(16-9)17-10-4-2-3-5-10/h8,10H,2-7,13H2,1H3,(H2,14,15,16,17). The van der Waals surface area contributed by atoms with Crippen LogP contribution in [0.5, 0.6) is 0 Å². The van der Waals surface area contributed by atoms with Crippen molar-refractivity contribution in [1.29, 1.82) is 0 Å². The van der Waals surface area contributed by atoms with E-state index < -0.39 is 0 Å². The van der Waals surface area contributed by atoms with Gasteiger partial charge in [0.2, 0.25) is 0 Å². The molecule has 1 heterocycles. The predicted octanol–water partition coefficient (Wildman–Crippen LogP) is 1.51. The summed E-state index contributed by atoms with van der Waals surface area (Å²) < 4.78 is 0. The molecule has 5 heteroatoms. The van der Waals surface area contributed by atoms with Crippen LogP contribution in [0.15, 0.2) is 6.07 Å². The Kier molecular flexibility index (Phi) is 4.14. The Morgan fingerprint density at radius 3 is 2.71 bits per heavy atom. The Bertz CT molecular complexity index is 360. The zero-order valence-corrected chi connectivity index (χ0v) is 10.4. The highest BCUT2D eigenvalue weighted by molar-refractivity contribution is 5.48. The molecule has 0 bridgehead atoms. The molecule has 0 aliphatic heterocycles. The van der Waals surface area contributed by atoms with Crippen molar-refractivity contribution in [1.82, 2.24) is 9.97 Å². The molecule has 5 nitrogen and oxygen atoms in total. The summed E-state index contributed by atoms with van der Waals surface area (Å²) in [6.07, 6.45) is 5.13. The molecular formula is C12H21N5. The van der Waals surface area contributed by atoms with E-state index in [1.165, 1.54) is 25.7 Å². The lowest BCUT2D eigenvalue weighted by Gasteiger charge is -2.14. The fourth-order valence-electron chi connectivity index (χ4n) is 2.21. The van der Waals surface area contributed by atoms with Gasteiger partial charge in [0.1, 0.15) is 17.5 Å². The number of aryl methyl sites for hydroxylation is 1. The van der Waals surface area contributed by atoms with Crippen LogP contribution in [0, 0.1) is 6.92 Å². The van der Waals surface area contributed by atoms with E-state index >= 15 is 0 Å². The largest absolute Gasteiger partial charge is 0.369 e. The minimum atomic E-state index is 0.576. The van der Waals surface area contributed by atoms with Gasteiger partial charge in [0.25, 0.3) is 0 Å². The highest BCUT2D eigenvalue weighted by atomic mass is 15.1. The number of hydrogen-bond acceptors (Lipinski definition) is 5. The first-order chi connectivity index (χ1) is 8.28. The first kappa shape index (κ1) is 12.1. The Morgan fingerprint density at radius 1 is 1.29 bits per heavy atom. The Morgan fingerprint density at radius 2 is 2.00 bits per heavy atom. The third kappa shape index (κ3) is 3.56. The minimum absolute atomic E-state index is 0.576. The van der Waals surface area contributed by atoms with Crippen molar-refractivity contribution in [2.75, 3.05) is 23.7 Å². The van der Waals surface area contributed by atoms with Crippen LogP contribution < -0.4 is 16.4 Å². The topological polar surface area (TPSA) is 75.9 Å². The highest BCUT2D eigenvalue weighted by Crippen LogP contribution is 2.22. The second-order valence-electron chi connectivity index (χ2n) is 4.53. The van der Waals surface area contributed by atoms with Gasteiger partial charge < -0.3 is 16.4 Å². The molecule has 1 saturated carbocycles. The number of anilines is 2. The molecule has 0 amide bonds. The first-order valence-corrected chi connectivity index (χ1v) is 6.34. The van der Waals surface area contributed by atoms with Crippen molar-refractivity contribution in [3.05, 3.63) is 11.9 Å². The van der Waals surface area contributed by atoms with Crippen molar-refractivity contribution >= 4 is 11.6 Å².